The van der Waals surface area contributed by atoms with Gasteiger partial charge in [0.2, 0.25) is 0 Å². The number of hydrogen-bond acceptors (Lipinski definition) is 2. The van der Waals surface area contributed by atoms with Crippen LogP contribution in [0.1, 0.15) is 40.0 Å². The van der Waals surface area contributed by atoms with Crippen LogP contribution in [0.15, 0.2) is 0 Å². The maximum Gasteiger partial charge on any atom is 0.401 e. The van der Waals surface area contributed by atoms with Gasteiger partial charge in [0, 0.05) is 6.04 Å². The fraction of sp³-hybridized carbons (Fsp3) is 1.00. The summed E-state index contributed by atoms with van der Waals surface area (Å²) in [7, 11) is 0. The first kappa shape index (κ1) is 16.7. The largest absolute Gasteiger partial charge is 0.401 e. The van der Waals surface area contributed by atoms with Crippen molar-refractivity contribution in [3.8, 4) is 0 Å². The van der Waals surface area contributed by atoms with E-state index in [1.165, 1.54) is 4.90 Å². The van der Waals surface area contributed by atoms with Crippen molar-refractivity contribution in [1.82, 2.24) is 10.2 Å². The van der Waals surface area contributed by atoms with Gasteiger partial charge in [0.15, 0.2) is 0 Å². The quantitative estimate of drug-likeness (QED) is 0.636. The Morgan fingerprint density at radius 2 is 1.76 bits per heavy atom. The molecule has 1 unspecified atom stereocenters. The van der Waals surface area contributed by atoms with Crippen LogP contribution in [0.4, 0.5) is 13.2 Å². The molecule has 0 heterocycles. The first-order valence-electron chi connectivity index (χ1n) is 6.42. The van der Waals surface area contributed by atoms with Crippen molar-refractivity contribution in [1.29, 1.82) is 0 Å². The van der Waals surface area contributed by atoms with E-state index < -0.39 is 12.7 Å². The van der Waals surface area contributed by atoms with Crippen molar-refractivity contribution in [2.45, 2.75) is 52.3 Å². The van der Waals surface area contributed by atoms with Crippen LogP contribution < -0.4 is 5.32 Å². The van der Waals surface area contributed by atoms with Gasteiger partial charge in [0.25, 0.3) is 0 Å². The molecule has 5 heteroatoms. The third-order valence-corrected chi connectivity index (χ3v) is 2.68. The van der Waals surface area contributed by atoms with E-state index in [0.717, 1.165) is 32.4 Å². The molecule has 0 saturated carbocycles. The minimum Gasteiger partial charge on any atom is -0.317 e. The van der Waals surface area contributed by atoms with Gasteiger partial charge in [-0.25, -0.2) is 0 Å². The third kappa shape index (κ3) is 9.41. The summed E-state index contributed by atoms with van der Waals surface area (Å²) < 4.78 is 37.1. The van der Waals surface area contributed by atoms with E-state index in [4.69, 9.17) is 0 Å². The molecule has 0 rings (SSSR count). The van der Waals surface area contributed by atoms with Crippen molar-refractivity contribution < 1.29 is 13.2 Å². The standard InChI is InChI=1S/C12H25F3N2/c1-4-7-16-8-6-11(3)17(9-5-2)10-12(13,14)15/h11,16H,4-10H2,1-3H3. The molecule has 17 heavy (non-hydrogen) atoms. The van der Waals surface area contributed by atoms with Gasteiger partial charge < -0.3 is 5.32 Å². The van der Waals surface area contributed by atoms with Crippen LogP contribution in [0.25, 0.3) is 0 Å². The van der Waals surface area contributed by atoms with Crippen LogP contribution in [0.2, 0.25) is 0 Å². The maximum absolute atomic E-state index is 12.4. The monoisotopic (exact) mass is 254 g/mol. The zero-order valence-electron chi connectivity index (χ0n) is 11.1. The smallest absolute Gasteiger partial charge is 0.317 e. The topological polar surface area (TPSA) is 15.3 Å². The predicted octanol–water partition coefficient (Wildman–Crippen LogP) is 3.04. The molecule has 2 nitrogen and oxygen atoms in total. The Kier molecular flexibility index (Phi) is 8.60. The molecule has 0 amide bonds. The van der Waals surface area contributed by atoms with E-state index in [1.54, 1.807) is 0 Å². The zero-order valence-corrected chi connectivity index (χ0v) is 11.1. The van der Waals surface area contributed by atoms with E-state index >= 15 is 0 Å². The molecular formula is C12H25F3N2. The Labute approximate surface area is 103 Å². The summed E-state index contributed by atoms with van der Waals surface area (Å²) in [6.45, 7) is 7.28. The first-order chi connectivity index (χ1) is 7.90. The van der Waals surface area contributed by atoms with Crippen LogP contribution in [-0.4, -0.2) is 43.3 Å². The first-order valence-corrected chi connectivity index (χ1v) is 6.42. The Balaban J connectivity index is 4.01. The summed E-state index contributed by atoms with van der Waals surface area (Å²) in [4.78, 5) is 1.52. The molecule has 0 spiro atoms. The van der Waals surface area contributed by atoms with E-state index in [1.807, 2.05) is 13.8 Å². The highest BCUT2D eigenvalue weighted by atomic mass is 19.4. The molecule has 0 radical (unpaired) electrons. The van der Waals surface area contributed by atoms with Crippen LogP contribution in [0.5, 0.6) is 0 Å². The number of nitrogens with zero attached hydrogens (tertiary/aromatic N) is 1. The highest BCUT2D eigenvalue weighted by Gasteiger charge is 2.32. The van der Waals surface area contributed by atoms with Crippen molar-refractivity contribution in [2.75, 3.05) is 26.2 Å². The summed E-state index contributed by atoms with van der Waals surface area (Å²) in [5.74, 6) is 0. The highest BCUT2D eigenvalue weighted by Crippen LogP contribution is 2.19. The van der Waals surface area contributed by atoms with Gasteiger partial charge in [-0.3, -0.25) is 4.90 Å². The van der Waals surface area contributed by atoms with Gasteiger partial charge in [0.05, 0.1) is 6.54 Å². The van der Waals surface area contributed by atoms with Crippen molar-refractivity contribution in [2.24, 2.45) is 0 Å². The van der Waals surface area contributed by atoms with E-state index in [9.17, 15) is 13.2 Å². The minimum absolute atomic E-state index is 0.0269. The SMILES string of the molecule is CCCNCCC(C)N(CCC)CC(F)(F)F. The van der Waals surface area contributed by atoms with Crippen LogP contribution >= 0.6 is 0 Å². The number of halogens is 3. The summed E-state index contributed by atoms with van der Waals surface area (Å²) in [6, 6.07) is -0.0269. The molecule has 0 saturated heterocycles. The van der Waals surface area contributed by atoms with Crippen LogP contribution in [0, 0.1) is 0 Å². The molecule has 0 aromatic heterocycles. The van der Waals surface area contributed by atoms with Gasteiger partial charge in [-0.05, 0) is 45.8 Å². The van der Waals surface area contributed by atoms with Gasteiger partial charge in [-0.1, -0.05) is 13.8 Å². The Bertz CT molecular complexity index is 183. The van der Waals surface area contributed by atoms with Gasteiger partial charge in [-0.15, -0.1) is 0 Å². The fourth-order valence-electron chi connectivity index (χ4n) is 1.77. The molecule has 0 aromatic carbocycles. The lowest BCUT2D eigenvalue weighted by Crippen LogP contribution is -2.42. The fourth-order valence-corrected chi connectivity index (χ4v) is 1.77. The predicted molar refractivity (Wildman–Crippen MR) is 65.2 cm³/mol. The number of hydrogen-bond donors (Lipinski definition) is 1. The Hall–Kier alpha value is -0.290. The highest BCUT2D eigenvalue weighted by molar-refractivity contribution is 4.71. The minimum atomic E-state index is -4.10. The van der Waals surface area contributed by atoms with Crippen LogP contribution in [0.3, 0.4) is 0 Å². The average Bonchev–Trinajstić information content (AvgIpc) is 2.21. The average molecular weight is 254 g/mol. The lowest BCUT2D eigenvalue weighted by Gasteiger charge is -2.29. The lowest BCUT2D eigenvalue weighted by atomic mass is 10.2. The van der Waals surface area contributed by atoms with E-state index in [2.05, 4.69) is 12.2 Å². The number of rotatable bonds is 9. The molecule has 0 aliphatic rings. The van der Waals surface area contributed by atoms with Crippen LogP contribution in [-0.2, 0) is 0 Å². The van der Waals surface area contributed by atoms with Gasteiger partial charge >= 0.3 is 6.18 Å². The van der Waals surface area contributed by atoms with Crippen molar-refractivity contribution in [3.05, 3.63) is 0 Å². The molecule has 0 aliphatic heterocycles. The molecule has 0 aliphatic carbocycles. The van der Waals surface area contributed by atoms with Crippen molar-refractivity contribution in [3.63, 3.8) is 0 Å². The second-order valence-electron chi connectivity index (χ2n) is 4.47. The van der Waals surface area contributed by atoms with E-state index in [-0.39, 0.29) is 6.04 Å². The zero-order chi connectivity index (χ0) is 13.3. The van der Waals surface area contributed by atoms with E-state index in [0.29, 0.717) is 6.54 Å². The summed E-state index contributed by atoms with van der Waals surface area (Å²) in [5.41, 5.74) is 0. The molecule has 104 valence electrons. The second kappa shape index (κ2) is 8.75. The normalized spacial score (nSPS) is 14.3. The molecule has 0 bridgehead atoms. The molecular weight excluding hydrogens is 229 g/mol. The summed E-state index contributed by atoms with van der Waals surface area (Å²) in [5, 5.41) is 3.22. The number of nitrogens with one attached hydrogen (secondary N) is 1. The molecule has 0 fully saturated rings. The molecule has 1 N–H and O–H groups in total. The van der Waals surface area contributed by atoms with Crippen molar-refractivity contribution >= 4 is 0 Å². The van der Waals surface area contributed by atoms with Gasteiger partial charge in [0.1, 0.15) is 0 Å². The summed E-state index contributed by atoms with van der Waals surface area (Å²) in [6.07, 6.45) is -1.53. The lowest BCUT2D eigenvalue weighted by molar-refractivity contribution is -0.150. The molecule has 1 atom stereocenters. The third-order valence-electron chi connectivity index (χ3n) is 2.68. The Morgan fingerprint density at radius 1 is 1.12 bits per heavy atom. The summed E-state index contributed by atoms with van der Waals surface area (Å²) >= 11 is 0. The molecule has 0 aromatic rings. The second-order valence-corrected chi connectivity index (χ2v) is 4.47. The van der Waals surface area contributed by atoms with Gasteiger partial charge in [-0.2, -0.15) is 13.2 Å². The number of alkyl halides is 3. The Morgan fingerprint density at radius 3 is 2.24 bits per heavy atom. The maximum atomic E-state index is 12.4.